The second-order valence-corrected chi connectivity index (χ2v) is 9.34. The largest absolute Gasteiger partial charge is 0.468 e. The average molecular weight is 458 g/mol. The zero-order valence-electron chi connectivity index (χ0n) is 18.6. The molecule has 0 saturated heterocycles. The van der Waals surface area contributed by atoms with Gasteiger partial charge in [-0.05, 0) is 62.6 Å². The molecule has 1 saturated carbocycles. The van der Waals surface area contributed by atoms with Crippen LogP contribution in [-0.2, 0) is 23.9 Å². The van der Waals surface area contributed by atoms with Crippen LogP contribution in [-0.4, -0.2) is 30.9 Å². The van der Waals surface area contributed by atoms with Gasteiger partial charge in [-0.1, -0.05) is 30.7 Å². The summed E-state index contributed by atoms with van der Waals surface area (Å²) >= 11 is 6.10. The van der Waals surface area contributed by atoms with Crippen molar-refractivity contribution in [3.63, 3.8) is 0 Å². The van der Waals surface area contributed by atoms with Crippen LogP contribution in [0.5, 0.6) is 0 Å². The van der Waals surface area contributed by atoms with E-state index in [2.05, 4.69) is 5.32 Å². The molecule has 1 aromatic rings. The van der Waals surface area contributed by atoms with Crippen LogP contribution in [0, 0.1) is 11.8 Å². The maximum atomic E-state index is 13.6. The number of carbonyl (C=O) groups excluding carboxylic acids is 3. The summed E-state index contributed by atoms with van der Waals surface area (Å²) in [5.41, 5.74) is 3.02. The van der Waals surface area contributed by atoms with E-state index in [0.717, 1.165) is 36.9 Å². The Kier molecular flexibility index (Phi) is 6.42. The molecule has 6 nitrogen and oxygen atoms in total. The lowest BCUT2D eigenvalue weighted by Crippen LogP contribution is -2.43. The topological polar surface area (TPSA) is 81.7 Å². The Morgan fingerprint density at radius 1 is 1.12 bits per heavy atom. The van der Waals surface area contributed by atoms with Crippen LogP contribution < -0.4 is 5.32 Å². The summed E-state index contributed by atoms with van der Waals surface area (Å²) in [6.45, 7) is 3.70. The molecule has 0 unspecified atom stereocenters. The Bertz CT molecular complexity index is 1000. The van der Waals surface area contributed by atoms with Crippen molar-refractivity contribution in [3.8, 4) is 0 Å². The van der Waals surface area contributed by atoms with Crippen LogP contribution in [0.2, 0.25) is 5.02 Å². The monoisotopic (exact) mass is 457 g/mol. The van der Waals surface area contributed by atoms with Crippen molar-refractivity contribution in [2.75, 3.05) is 7.11 Å². The quantitative estimate of drug-likeness (QED) is 0.531. The number of halogens is 1. The van der Waals surface area contributed by atoms with Crippen molar-refractivity contribution in [2.45, 2.75) is 58.0 Å². The summed E-state index contributed by atoms with van der Waals surface area (Å²) in [6, 6.07) is 7.11. The standard InChI is InChI=1S/C25H28ClNO5/c1-13-12-18-22(23(28)19(13)24(29)31-3)21(15-8-10-16(26)11-9-15)20(14(2)27-18)25(30)32-17-6-4-5-7-17/h8-11,13,17,19,21,27H,4-7,12H2,1-3H3/t13-,19+,21-/m0/s1. The lowest BCUT2D eigenvalue weighted by molar-refractivity contribution is -0.151. The van der Waals surface area contributed by atoms with E-state index < -0.39 is 23.8 Å². The number of ether oxygens (including phenoxy) is 2. The molecule has 1 heterocycles. The minimum atomic E-state index is -0.902. The third-order valence-electron chi connectivity index (χ3n) is 6.74. The zero-order valence-corrected chi connectivity index (χ0v) is 19.3. The van der Waals surface area contributed by atoms with Crippen LogP contribution in [0.25, 0.3) is 0 Å². The van der Waals surface area contributed by atoms with E-state index >= 15 is 0 Å². The van der Waals surface area contributed by atoms with Gasteiger partial charge in [0, 0.05) is 27.9 Å². The number of carbonyl (C=O) groups is 3. The third-order valence-corrected chi connectivity index (χ3v) is 6.99. The van der Waals surface area contributed by atoms with Crippen molar-refractivity contribution in [1.29, 1.82) is 0 Å². The number of methoxy groups -OCH3 is 1. The highest BCUT2D eigenvalue weighted by molar-refractivity contribution is 6.30. The van der Waals surface area contributed by atoms with E-state index in [0.29, 0.717) is 28.3 Å². The van der Waals surface area contributed by atoms with E-state index in [1.165, 1.54) is 7.11 Å². The number of ketones is 1. The molecule has 0 bridgehead atoms. The molecule has 1 N–H and O–H groups in total. The lowest BCUT2D eigenvalue weighted by Gasteiger charge is -2.38. The van der Waals surface area contributed by atoms with Gasteiger partial charge in [0.15, 0.2) is 5.78 Å². The van der Waals surface area contributed by atoms with Crippen molar-refractivity contribution in [3.05, 3.63) is 57.4 Å². The summed E-state index contributed by atoms with van der Waals surface area (Å²) in [6.07, 6.45) is 4.20. The molecule has 4 rings (SSSR count). The lowest BCUT2D eigenvalue weighted by atomic mass is 9.69. The fraction of sp³-hybridized carbons (Fsp3) is 0.480. The number of allylic oxidation sites excluding steroid dienone is 3. The van der Waals surface area contributed by atoms with Crippen LogP contribution in [0.3, 0.4) is 0 Å². The highest BCUT2D eigenvalue weighted by atomic mass is 35.5. The minimum absolute atomic E-state index is 0.103. The summed E-state index contributed by atoms with van der Waals surface area (Å²) in [7, 11) is 1.29. The molecule has 0 spiro atoms. The van der Waals surface area contributed by atoms with Gasteiger partial charge in [-0.2, -0.15) is 0 Å². The number of hydrogen-bond acceptors (Lipinski definition) is 6. The van der Waals surface area contributed by atoms with Crippen molar-refractivity contribution < 1.29 is 23.9 Å². The summed E-state index contributed by atoms with van der Waals surface area (Å²) in [5.74, 6) is -3.03. The fourth-order valence-corrected chi connectivity index (χ4v) is 5.29. The molecule has 2 aliphatic carbocycles. The Morgan fingerprint density at radius 2 is 1.78 bits per heavy atom. The Morgan fingerprint density at radius 3 is 2.41 bits per heavy atom. The molecule has 0 aromatic heterocycles. The number of Topliss-reactive ketones (excluding diaryl/α,β-unsaturated/α-hetero) is 1. The van der Waals surface area contributed by atoms with Crippen LogP contribution in [0.1, 0.15) is 57.4 Å². The smallest absolute Gasteiger partial charge is 0.337 e. The number of hydrogen-bond donors (Lipinski definition) is 1. The van der Waals surface area contributed by atoms with E-state index in [1.54, 1.807) is 12.1 Å². The van der Waals surface area contributed by atoms with Gasteiger partial charge >= 0.3 is 11.9 Å². The Hall–Kier alpha value is -2.60. The summed E-state index contributed by atoms with van der Waals surface area (Å²) < 4.78 is 10.8. The van der Waals surface area contributed by atoms with Gasteiger partial charge in [-0.25, -0.2) is 4.79 Å². The van der Waals surface area contributed by atoms with Gasteiger partial charge < -0.3 is 14.8 Å². The van der Waals surface area contributed by atoms with E-state index in [-0.39, 0.29) is 17.8 Å². The number of dihydropyridines is 1. The van der Waals surface area contributed by atoms with E-state index in [4.69, 9.17) is 21.1 Å². The fourth-order valence-electron chi connectivity index (χ4n) is 5.16. The molecule has 1 aliphatic heterocycles. The Balaban J connectivity index is 1.79. The number of rotatable bonds is 4. The third kappa shape index (κ3) is 4.08. The molecule has 170 valence electrons. The minimum Gasteiger partial charge on any atom is -0.468 e. The van der Waals surface area contributed by atoms with Gasteiger partial charge in [0.2, 0.25) is 0 Å². The molecular formula is C25H28ClNO5. The number of nitrogens with one attached hydrogen (secondary N) is 1. The first-order valence-electron chi connectivity index (χ1n) is 11.1. The summed E-state index contributed by atoms with van der Waals surface area (Å²) in [4.78, 5) is 39.5. The molecule has 0 amide bonds. The number of esters is 2. The van der Waals surface area contributed by atoms with Crippen molar-refractivity contribution >= 4 is 29.3 Å². The predicted octanol–water partition coefficient (Wildman–Crippen LogP) is 4.44. The van der Waals surface area contributed by atoms with E-state index in [1.807, 2.05) is 26.0 Å². The first kappa shape index (κ1) is 22.6. The average Bonchev–Trinajstić information content (AvgIpc) is 3.26. The van der Waals surface area contributed by atoms with Gasteiger partial charge in [0.05, 0.1) is 12.7 Å². The number of benzene rings is 1. The summed E-state index contributed by atoms with van der Waals surface area (Å²) in [5, 5.41) is 3.84. The van der Waals surface area contributed by atoms with Gasteiger partial charge in [-0.15, -0.1) is 0 Å². The maximum Gasteiger partial charge on any atom is 0.337 e. The van der Waals surface area contributed by atoms with Gasteiger partial charge in [-0.3, -0.25) is 9.59 Å². The maximum absolute atomic E-state index is 13.6. The Labute approximate surface area is 193 Å². The van der Waals surface area contributed by atoms with Gasteiger partial charge in [0.25, 0.3) is 0 Å². The van der Waals surface area contributed by atoms with Crippen molar-refractivity contribution in [1.82, 2.24) is 5.32 Å². The molecule has 32 heavy (non-hydrogen) atoms. The van der Waals surface area contributed by atoms with Crippen molar-refractivity contribution in [2.24, 2.45) is 11.8 Å². The first-order valence-corrected chi connectivity index (χ1v) is 11.5. The molecule has 3 aliphatic rings. The molecule has 3 atom stereocenters. The molecule has 7 heteroatoms. The normalized spacial score (nSPS) is 26.0. The van der Waals surface area contributed by atoms with Crippen LogP contribution in [0.15, 0.2) is 46.8 Å². The molecule has 0 radical (unpaired) electrons. The second kappa shape index (κ2) is 9.10. The van der Waals surface area contributed by atoms with Crippen LogP contribution in [0.4, 0.5) is 0 Å². The predicted molar refractivity (Wildman–Crippen MR) is 120 cm³/mol. The molecule has 1 aromatic carbocycles. The molecular weight excluding hydrogens is 430 g/mol. The first-order chi connectivity index (χ1) is 15.3. The SMILES string of the molecule is COC(=O)[C@H]1C(=O)C2=C(C[C@@H]1C)NC(C)=C(C(=O)OC1CCCC1)[C@@H]2c1ccc(Cl)cc1. The second-order valence-electron chi connectivity index (χ2n) is 8.90. The van der Waals surface area contributed by atoms with Gasteiger partial charge in [0.1, 0.15) is 12.0 Å². The highest BCUT2D eigenvalue weighted by Crippen LogP contribution is 2.45. The molecule has 1 fully saturated rings. The van der Waals surface area contributed by atoms with Crippen LogP contribution >= 0.6 is 11.6 Å². The van der Waals surface area contributed by atoms with E-state index in [9.17, 15) is 14.4 Å². The highest BCUT2D eigenvalue weighted by Gasteiger charge is 2.47. The zero-order chi connectivity index (χ0) is 23.0.